The van der Waals surface area contributed by atoms with Gasteiger partial charge in [0.15, 0.2) is 0 Å². The quantitative estimate of drug-likeness (QED) is 0.918. The van der Waals surface area contributed by atoms with Gasteiger partial charge in [-0.3, -0.25) is 0 Å². The summed E-state index contributed by atoms with van der Waals surface area (Å²) in [5, 5.41) is 11.2. The number of rotatable bonds is 4. The molecule has 1 aromatic rings. The lowest BCUT2D eigenvalue weighted by Gasteiger charge is -2.33. The molecule has 4 heteroatoms. The monoisotopic (exact) mass is 300 g/mol. The Balaban J connectivity index is 1.85. The Kier molecular flexibility index (Phi) is 3.78. The van der Waals surface area contributed by atoms with Gasteiger partial charge in [0.05, 0.1) is 12.7 Å². The smallest absolute Gasteiger partial charge is 0.0685 e. The molecule has 0 aromatic heterocycles. The van der Waals surface area contributed by atoms with Gasteiger partial charge in [-0.15, -0.1) is 0 Å². The highest BCUT2D eigenvalue weighted by atomic mass is 35.5. The number of hydrogen-bond donors (Lipinski definition) is 1. The first-order valence-corrected chi connectivity index (χ1v) is 7.57. The minimum atomic E-state index is -0.168. The molecule has 19 heavy (non-hydrogen) atoms. The lowest BCUT2D eigenvalue weighted by Crippen LogP contribution is -2.38. The lowest BCUT2D eigenvalue weighted by molar-refractivity contribution is 0.000599. The van der Waals surface area contributed by atoms with Crippen molar-refractivity contribution in [3.63, 3.8) is 0 Å². The summed E-state index contributed by atoms with van der Waals surface area (Å²) in [6.07, 6.45) is 4.30. The van der Waals surface area contributed by atoms with Crippen LogP contribution in [0.15, 0.2) is 18.2 Å². The first kappa shape index (κ1) is 13.7. The van der Waals surface area contributed by atoms with E-state index in [1.165, 1.54) is 12.8 Å². The van der Waals surface area contributed by atoms with Crippen molar-refractivity contribution in [2.45, 2.75) is 31.8 Å². The van der Waals surface area contributed by atoms with Crippen molar-refractivity contribution in [3.8, 4) is 0 Å². The van der Waals surface area contributed by atoms with E-state index in [0.717, 1.165) is 25.0 Å². The van der Waals surface area contributed by atoms with Gasteiger partial charge in [-0.1, -0.05) is 29.3 Å². The highest BCUT2D eigenvalue weighted by Crippen LogP contribution is 2.49. The van der Waals surface area contributed by atoms with Crippen LogP contribution in [0.5, 0.6) is 0 Å². The fraction of sp³-hybridized carbons (Fsp3) is 0.600. The molecule has 0 radical (unpaired) electrons. The highest BCUT2D eigenvalue weighted by molar-refractivity contribution is 6.35. The van der Waals surface area contributed by atoms with E-state index in [4.69, 9.17) is 27.9 Å². The average Bonchev–Trinajstić information content (AvgIpc) is 3.15. The Labute approximate surface area is 123 Å². The number of hydrogen-bond acceptors (Lipinski definition) is 2. The Morgan fingerprint density at radius 1 is 1.32 bits per heavy atom. The summed E-state index contributed by atoms with van der Waals surface area (Å²) in [4.78, 5) is 0. The van der Waals surface area contributed by atoms with Crippen LogP contribution in [0, 0.1) is 11.3 Å². The summed E-state index contributed by atoms with van der Waals surface area (Å²) in [5.74, 6) is 0.626. The zero-order valence-electron chi connectivity index (χ0n) is 10.7. The van der Waals surface area contributed by atoms with Crippen molar-refractivity contribution in [3.05, 3.63) is 33.8 Å². The van der Waals surface area contributed by atoms with Gasteiger partial charge in [-0.25, -0.2) is 0 Å². The maximum absolute atomic E-state index is 9.92. The predicted molar refractivity (Wildman–Crippen MR) is 76.8 cm³/mol. The normalized spacial score (nSPS) is 30.8. The van der Waals surface area contributed by atoms with Crippen LogP contribution in [0.3, 0.4) is 0 Å². The van der Waals surface area contributed by atoms with E-state index in [1.54, 1.807) is 6.07 Å². The van der Waals surface area contributed by atoms with Crippen LogP contribution in [0.4, 0.5) is 0 Å². The second kappa shape index (κ2) is 5.25. The first-order chi connectivity index (χ1) is 9.14. The molecule has 1 aliphatic carbocycles. The summed E-state index contributed by atoms with van der Waals surface area (Å²) in [7, 11) is 0. The molecule has 1 saturated carbocycles. The number of aliphatic hydroxyl groups excluding tert-OH is 1. The number of ether oxygens (including phenoxy) is 1. The topological polar surface area (TPSA) is 29.5 Å². The molecule has 0 amide bonds. The molecule has 1 N–H and O–H groups in total. The molecule has 2 aliphatic rings. The van der Waals surface area contributed by atoms with E-state index in [0.29, 0.717) is 16.0 Å². The van der Waals surface area contributed by atoms with Crippen LogP contribution in [0.2, 0.25) is 10.0 Å². The molecule has 2 nitrogen and oxygen atoms in total. The van der Waals surface area contributed by atoms with E-state index < -0.39 is 0 Å². The van der Waals surface area contributed by atoms with E-state index in [-0.39, 0.29) is 18.1 Å². The van der Waals surface area contributed by atoms with Gasteiger partial charge < -0.3 is 9.84 Å². The fourth-order valence-electron chi connectivity index (χ4n) is 3.20. The Bertz CT molecular complexity index is 473. The summed E-state index contributed by atoms with van der Waals surface area (Å²) in [6.45, 7) is 0.903. The third kappa shape index (κ3) is 2.64. The highest BCUT2D eigenvalue weighted by Gasteiger charge is 2.50. The van der Waals surface area contributed by atoms with Crippen LogP contribution in [0.1, 0.15) is 24.8 Å². The van der Waals surface area contributed by atoms with Crippen LogP contribution < -0.4 is 0 Å². The Morgan fingerprint density at radius 3 is 2.74 bits per heavy atom. The summed E-state index contributed by atoms with van der Waals surface area (Å²) >= 11 is 12.2. The van der Waals surface area contributed by atoms with Gasteiger partial charge in [0.2, 0.25) is 0 Å². The van der Waals surface area contributed by atoms with Gasteiger partial charge >= 0.3 is 0 Å². The van der Waals surface area contributed by atoms with E-state index in [2.05, 4.69) is 0 Å². The second-order valence-electron chi connectivity index (χ2n) is 5.81. The standard InChI is InChI=1S/C15H18Cl2O2/c16-12-4-3-11(13(17)7-12)8-15(9-18)5-6-19-14(15)10-1-2-10/h3-4,7,10,14,18H,1-2,5-6,8-9H2. The molecule has 2 fully saturated rings. The number of halogens is 2. The average molecular weight is 301 g/mol. The third-order valence-electron chi connectivity index (χ3n) is 4.42. The van der Waals surface area contributed by atoms with Crippen molar-refractivity contribution < 1.29 is 9.84 Å². The van der Waals surface area contributed by atoms with E-state index in [1.807, 2.05) is 12.1 Å². The van der Waals surface area contributed by atoms with Crippen molar-refractivity contribution in [2.75, 3.05) is 13.2 Å². The molecule has 2 unspecified atom stereocenters. The summed E-state index contributed by atoms with van der Waals surface area (Å²) < 4.78 is 5.89. The largest absolute Gasteiger partial charge is 0.396 e. The summed E-state index contributed by atoms with van der Waals surface area (Å²) in [6, 6.07) is 5.59. The molecule has 1 saturated heterocycles. The van der Waals surface area contributed by atoms with Gasteiger partial charge in [0.25, 0.3) is 0 Å². The Morgan fingerprint density at radius 2 is 2.11 bits per heavy atom. The molecule has 1 heterocycles. The van der Waals surface area contributed by atoms with Crippen LogP contribution in [0.25, 0.3) is 0 Å². The maximum atomic E-state index is 9.92. The van der Waals surface area contributed by atoms with Crippen molar-refractivity contribution in [2.24, 2.45) is 11.3 Å². The fourth-order valence-corrected chi connectivity index (χ4v) is 3.68. The Hall–Kier alpha value is -0.280. The summed E-state index contributed by atoms with van der Waals surface area (Å²) in [5.41, 5.74) is 0.884. The van der Waals surface area contributed by atoms with Gasteiger partial charge in [0, 0.05) is 22.1 Å². The van der Waals surface area contributed by atoms with Gasteiger partial charge in [0.1, 0.15) is 0 Å². The minimum Gasteiger partial charge on any atom is -0.396 e. The van der Waals surface area contributed by atoms with Crippen LogP contribution in [-0.4, -0.2) is 24.4 Å². The first-order valence-electron chi connectivity index (χ1n) is 6.81. The molecular formula is C15H18Cl2O2. The molecule has 1 aromatic carbocycles. The van der Waals surface area contributed by atoms with Crippen molar-refractivity contribution >= 4 is 23.2 Å². The van der Waals surface area contributed by atoms with Crippen LogP contribution in [-0.2, 0) is 11.2 Å². The molecule has 104 valence electrons. The van der Waals surface area contributed by atoms with E-state index in [9.17, 15) is 5.11 Å². The molecule has 0 bridgehead atoms. The predicted octanol–water partition coefficient (Wildman–Crippen LogP) is 3.71. The third-order valence-corrected chi connectivity index (χ3v) is 5.01. The maximum Gasteiger partial charge on any atom is 0.0685 e. The SMILES string of the molecule is OCC1(Cc2ccc(Cl)cc2Cl)CCOC1C1CC1. The molecule has 3 rings (SSSR count). The molecule has 0 spiro atoms. The van der Waals surface area contributed by atoms with Gasteiger partial charge in [-0.2, -0.15) is 0 Å². The second-order valence-corrected chi connectivity index (χ2v) is 6.66. The lowest BCUT2D eigenvalue weighted by atomic mass is 9.75. The molecule has 1 aliphatic heterocycles. The van der Waals surface area contributed by atoms with E-state index >= 15 is 0 Å². The molecule has 2 atom stereocenters. The minimum absolute atomic E-state index is 0.160. The zero-order chi connectivity index (χ0) is 13.5. The number of benzene rings is 1. The zero-order valence-corrected chi connectivity index (χ0v) is 12.3. The van der Waals surface area contributed by atoms with Crippen molar-refractivity contribution in [1.82, 2.24) is 0 Å². The van der Waals surface area contributed by atoms with Crippen molar-refractivity contribution in [1.29, 1.82) is 0 Å². The van der Waals surface area contributed by atoms with Gasteiger partial charge in [-0.05, 0) is 49.3 Å². The van der Waals surface area contributed by atoms with Crippen LogP contribution >= 0.6 is 23.2 Å². The number of aliphatic hydroxyl groups is 1. The molecular weight excluding hydrogens is 283 g/mol.